The average Bonchev–Trinajstić information content (AvgIpc) is 2.38. The fourth-order valence-corrected chi connectivity index (χ4v) is 2.14. The summed E-state index contributed by atoms with van der Waals surface area (Å²) in [6.45, 7) is 8.97. The van der Waals surface area contributed by atoms with E-state index < -0.39 is 0 Å². The largest absolute Gasteiger partial charge is 0.0614 e. The Morgan fingerprint density at radius 2 is 1.44 bits per heavy atom. The van der Waals surface area contributed by atoms with Gasteiger partial charge in [0.05, 0.1) is 0 Å². The van der Waals surface area contributed by atoms with Crippen LogP contribution in [0.15, 0.2) is 48.5 Å². The lowest BCUT2D eigenvalue weighted by Gasteiger charge is -2.20. The predicted molar refractivity (Wildman–Crippen MR) is 80.0 cm³/mol. The summed E-state index contributed by atoms with van der Waals surface area (Å²) < 4.78 is 0. The zero-order valence-electron chi connectivity index (χ0n) is 11.8. The van der Waals surface area contributed by atoms with Gasteiger partial charge in [0.1, 0.15) is 0 Å². The highest BCUT2D eigenvalue weighted by Crippen LogP contribution is 2.27. The van der Waals surface area contributed by atoms with Crippen LogP contribution in [0.2, 0.25) is 0 Å². The van der Waals surface area contributed by atoms with Gasteiger partial charge in [-0.3, -0.25) is 0 Å². The van der Waals surface area contributed by atoms with Crippen LogP contribution in [0.3, 0.4) is 0 Å². The second-order valence-electron chi connectivity index (χ2n) is 5.88. The summed E-state index contributed by atoms with van der Waals surface area (Å²) in [6.07, 6.45) is 1.09. The summed E-state index contributed by atoms with van der Waals surface area (Å²) in [5, 5.41) is 0. The average molecular weight is 238 g/mol. The molecule has 0 atom stereocenters. The maximum Gasteiger partial charge on any atom is -0.0132 e. The first-order valence-corrected chi connectivity index (χ1v) is 6.70. The number of benzene rings is 2. The first-order valence-electron chi connectivity index (χ1n) is 6.70. The fourth-order valence-electron chi connectivity index (χ4n) is 2.14. The monoisotopic (exact) mass is 238 g/mol. The summed E-state index contributed by atoms with van der Waals surface area (Å²) in [5.74, 6) is 0. The molecule has 0 spiro atoms. The molecular weight excluding hydrogens is 216 g/mol. The van der Waals surface area contributed by atoms with Crippen molar-refractivity contribution in [1.82, 2.24) is 0 Å². The Balaban J connectivity index is 2.44. The minimum Gasteiger partial charge on any atom is -0.0614 e. The van der Waals surface area contributed by atoms with Crippen molar-refractivity contribution in [2.75, 3.05) is 0 Å². The molecule has 94 valence electrons. The van der Waals surface area contributed by atoms with E-state index in [0.717, 1.165) is 6.42 Å². The van der Waals surface area contributed by atoms with Gasteiger partial charge in [-0.1, -0.05) is 76.2 Å². The summed E-state index contributed by atoms with van der Waals surface area (Å²) >= 11 is 0. The van der Waals surface area contributed by atoms with Crippen LogP contribution in [0, 0.1) is 0 Å². The van der Waals surface area contributed by atoms with Crippen LogP contribution < -0.4 is 0 Å². The van der Waals surface area contributed by atoms with Gasteiger partial charge in [-0.2, -0.15) is 0 Å². The molecule has 2 aromatic rings. The molecule has 2 aromatic carbocycles. The molecule has 0 amide bonds. The lowest BCUT2D eigenvalue weighted by Crippen LogP contribution is -2.10. The van der Waals surface area contributed by atoms with E-state index in [-0.39, 0.29) is 5.41 Å². The van der Waals surface area contributed by atoms with Crippen molar-refractivity contribution < 1.29 is 0 Å². The molecule has 0 heterocycles. The van der Waals surface area contributed by atoms with Crippen molar-refractivity contribution in [3.05, 3.63) is 59.7 Å². The molecule has 0 radical (unpaired) electrons. The second kappa shape index (κ2) is 4.97. The van der Waals surface area contributed by atoms with Crippen molar-refractivity contribution in [2.45, 2.75) is 39.5 Å². The van der Waals surface area contributed by atoms with Gasteiger partial charge in [0, 0.05) is 0 Å². The van der Waals surface area contributed by atoms with E-state index in [9.17, 15) is 0 Å². The molecule has 0 heteroatoms. The molecule has 0 aliphatic carbocycles. The van der Waals surface area contributed by atoms with E-state index in [4.69, 9.17) is 0 Å². The van der Waals surface area contributed by atoms with Crippen molar-refractivity contribution >= 4 is 0 Å². The van der Waals surface area contributed by atoms with Crippen LogP contribution >= 0.6 is 0 Å². The number of aryl methyl sites for hydroxylation is 1. The van der Waals surface area contributed by atoms with E-state index in [1.54, 1.807) is 0 Å². The first kappa shape index (κ1) is 12.9. The lowest BCUT2D eigenvalue weighted by atomic mass is 9.85. The Bertz CT molecular complexity index is 530. The van der Waals surface area contributed by atoms with Gasteiger partial charge in [-0.25, -0.2) is 0 Å². The molecule has 0 nitrogen and oxygen atoms in total. The topological polar surface area (TPSA) is 0 Å². The molecule has 0 aromatic heterocycles. The highest BCUT2D eigenvalue weighted by atomic mass is 14.2. The van der Waals surface area contributed by atoms with Crippen molar-refractivity contribution in [1.29, 1.82) is 0 Å². The van der Waals surface area contributed by atoms with Gasteiger partial charge >= 0.3 is 0 Å². The molecule has 0 aliphatic rings. The molecule has 2 rings (SSSR count). The zero-order valence-corrected chi connectivity index (χ0v) is 11.8. The van der Waals surface area contributed by atoms with Crippen LogP contribution in [-0.2, 0) is 11.8 Å². The minimum absolute atomic E-state index is 0.207. The number of hydrogen-bond donors (Lipinski definition) is 0. The third-order valence-corrected chi connectivity index (χ3v) is 3.40. The summed E-state index contributed by atoms with van der Waals surface area (Å²) in [4.78, 5) is 0. The van der Waals surface area contributed by atoms with Crippen LogP contribution in [0.25, 0.3) is 11.1 Å². The SMILES string of the molecule is CCc1cccc(-c2cccc(C(C)(C)C)c2)c1. The Morgan fingerprint density at radius 3 is 2.06 bits per heavy atom. The summed E-state index contributed by atoms with van der Waals surface area (Å²) in [7, 11) is 0. The van der Waals surface area contributed by atoms with E-state index >= 15 is 0 Å². The van der Waals surface area contributed by atoms with Crippen LogP contribution in [0.4, 0.5) is 0 Å². The van der Waals surface area contributed by atoms with E-state index in [1.807, 2.05) is 0 Å². The molecule has 0 bridgehead atoms. The third kappa shape index (κ3) is 2.81. The van der Waals surface area contributed by atoms with Gasteiger partial charge in [0.25, 0.3) is 0 Å². The minimum atomic E-state index is 0.207. The molecule has 0 fully saturated rings. The third-order valence-electron chi connectivity index (χ3n) is 3.40. The lowest BCUT2D eigenvalue weighted by molar-refractivity contribution is 0.590. The Morgan fingerprint density at radius 1 is 0.833 bits per heavy atom. The van der Waals surface area contributed by atoms with E-state index in [0.29, 0.717) is 0 Å². The van der Waals surface area contributed by atoms with Crippen LogP contribution in [-0.4, -0.2) is 0 Å². The molecule has 0 aliphatic heterocycles. The molecule has 0 N–H and O–H groups in total. The normalized spacial score (nSPS) is 11.6. The van der Waals surface area contributed by atoms with Gasteiger partial charge in [0.2, 0.25) is 0 Å². The zero-order chi connectivity index (χ0) is 13.2. The van der Waals surface area contributed by atoms with Crippen LogP contribution in [0.1, 0.15) is 38.8 Å². The molecule has 18 heavy (non-hydrogen) atoms. The molecule has 0 saturated heterocycles. The Hall–Kier alpha value is -1.56. The highest BCUT2D eigenvalue weighted by Gasteiger charge is 2.13. The predicted octanol–water partition coefficient (Wildman–Crippen LogP) is 5.21. The maximum atomic E-state index is 2.31. The fraction of sp³-hybridized carbons (Fsp3) is 0.333. The summed E-state index contributed by atoms with van der Waals surface area (Å²) in [5.41, 5.74) is 5.63. The molecule has 0 unspecified atom stereocenters. The van der Waals surface area contributed by atoms with E-state index in [2.05, 4.69) is 76.2 Å². The first-order chi connectivity index (χ1) is 8.50. The van der Waals surface area contributed by atoms with Gasteiger partial charge < -0.3 is 0 Å². The van der Waals surface area contributed by atoms with Gasteiger partial charge in [-0.05, 0) is 34.1 Å². The van der Waals surface area contributed by atoms with Gasteiger partial charge in [-0.15, -0.1) is 0 Å². The number of hydrogen-bond acceptors (Lipinski definition) is 0. The number of rotatable bonds is 2. The van der Waals surface area contributed by atoms with E-state index in [1.165, 1.54) is 22.3 Å². The van der Waals surface area contributed by atoms with Crippen molar-refractivity contribution in [3.8, 4) is 11.1 Å². The summed E-state index contributed by atoms with van der Waals surface area (Å²) in [6, 6.07) is 17.7. The highest BCUT2D eigenvalue weighted by molar-refractivity contribution is 5.65. The second-order valence-corrected chi connectivity index (χ2v) is 5.88. The Labute approximate surface area is 111 Å². The molecular formula is C18H22. The van der Waals surface area contributed by atoms with Gasteiger partial charge in [0.15, 0.2) is 0 Å². The maximum absolute atomic E-state index is 2.31. The standard InChI is InChI=1S/C18H22/c1-5-14-8-6-9-15(12-14)16-10-7-11-17(13-16)18(2,3)4/h6-13H,5H2,1-4H3. The Kier molecular flexibility index (Phi) is 3.56. The van der Waals surface area contributed by atoms with Crippen molar-refractivity contribution in [3.63, 3.8) is 0 Å². The van der Waals surface area contributed by atoms with Crippen molar-refractivity contribution in [2.24, 2.45) is 0 Å². The molecule has 0 saturated carbocycles. The smallest absolute Gasteiger partial charge is 0.0132 e. The van der Waals surface area contributed by atoms with Crippen LogP contribution in [0.5, 0.6) is 0 Å². The quantitative estimate of drug-likeness (QED) is 0.673.